The van der Waals surface area contributed by atoms with Crippen molar-refractivity contribution in [2.24, 2.45) is 17.5 Å². The largest absolute Gasteiger partial charge is 0.494 e. The number of carbonyl (C=O) groups excluding carboxylic acids is 3. The summed E-state index contributed by atoms with van der Waals surface area (Å²) in [4.78, 5) is 86.1. The summed E-state index contributed by atoms with van der Waals surface area (Å²) < 4.78 is 30.9. The van der Waals surface area contributed by atoms with Crippen LogP contribution in [0.25, 0.3) is 27.5 Å². The monoisotopic (exact) mass is 1660 g/mol. The Morgan fingerprint density at radius 3 is 1.54 bits per heavy atom. The number of nitrogens with zero attached hydrogens (tertiary/aromatic N) is 10. The van der Waals surface area contributed by atoms with Crippen LogP contribution in [0.2, 0.25) is 30.8 Å². The number of nitrogens with two attached hydrogens (primary N) is 4. The lowest BCUT2D eigenvalue weighted by atomic mass is 9.77. The van der Waals surface area contributed by atoms with Crippen molar-refractivity contribution in [3.8, 4) is 5.69 Å². The number of hydrazine groups is 3. The van der Waals surface area contributed by atoms with Crippen LogP contribution in [-0.2, 0) is 47.2 Å². The molecule has 14 N–H and O–H groups in total. The minimum atomic E-state index is -0.524. The number of halogens is 6. The predicted molar refractivity (Wildman–Crippen MR) is 448 cm³/mol. The van der Waals surface area contributed by atoms with Crippen LogP contribution in [0.1, 0.15) is 189 Å². The zero-order valence-electron chi connectivity index (χ0n) is 66.2. The third-order valence-corrected chi connectivity index (χ3v) is 18.3. The number of nitrogen functional groups attached to an aromatic ring is 2. The fourth-order valence-electron chi connectivity index (χ4n) is 10.4. The van der Waals surface area contributed by atoms with Crippen LogP contribution >= 0.6 is 69.6 Å². The van der Waals surface area contributed by atoms with Gasteiger partial charge in [-0.1, -0.05) is 117 Å². The van der Waals surface area contributed by atoms with E-state index in [2.05, 4.69) is 170 Å². The Labute approximate surface area is 682 Å². The first kappa shape index (κ1) is 95.5. The first-order chi connectivity index (χ1) is 52.1. The summed E-state index contributed by atoms with van der Waals surface area (Å²) in [6, 6.07) is 22.4. The number of fused-ring (bicyclic) bond motifs is 3. The van der Waals surface area contributed by atoms with Gasteiger partial charge in [0, 0.05) is 114 Å². The maximum atomic E-state index is 12.8. The van der Waals surface area contributed by atoms with Gasteiger partial charge in [0.2, 0.25) is 0 Å². The number of aromatic amines is 1. The zero-order valence-corrected chi connectivity index (χ0v) is 70.8. The highest BCUT2D eigenvalue weighted by Crippen LogP contribution is 2.37. The Morgan fingerprint density at radius 2 is 1.04 bits per heavy atom. The molecule has 0 unspecified atom stereocenters. The van der Waals surface area contributed by atoms with Crippen molar-refractivity contribution >= 4 is 139 Å². The number of methoxy groups -OCH3 is 3. The summed E-state index contributed by atoms with van der Waals surface area (Å²) in [5, 5.41) is 5.90. The molecule has 1 aliphatic carbocycles. The number of esters is 3. The standard InChI is InChI=1S/C18H21ClN4O.C15H24BNO2.C10H14ClN3O2.C10H13N.C9H10ClN3O.C7H5Cl2NO2.C7H8ClN3O2.H4N2.H2O/c1-11(2)22-17(24)13-10-21-16(19)9-14(13)23(22)12-6-7-20-15(8-12)18(3,4)5;1-13(2,3)12-10-11(8-9-17-12)16-18-14(4,5)15(6,7)19-16;1-6(2)13-14-8-4-9(11)12-5-7(8)10(15)16-3;11-10-6-5-8-3-1-2-4-9(8)7-10;1-5(2)13-9(14)6-4-11-8(10)3-7(6)12-13;1-12-7(11)4-3-10-6(9)2-5(4)8;1-13-7(12)4-3-10-6(8)2-5(4)11-9;1-2;/h6-11H,1-5H3;8-10H,1-7H3;4-6,13H,1-3H3,(H,12,14);5-7H,1-4,11H2;3-5,12H,1-2H3;2-3H,1H3;2-3H,9H2,1H3,(H,10,11);1-2H2;1H2. The Hall–Kier alpha value is -8.86. The van der Waals surface area contributed by atoms with Crippen molar-refractivity contribution in [2.75, 3.05) is 37.9 Å². The fraction of sp³-hybridized carbons (Fsp3) is 0.395. The molecule has 112 heavy (non-hydrogen) atoms. The maximum Gasteiger partial charge on any atom is 0.494 e. The molecule has 0 radical (unpaired) electrons. The van der Waals surface area contributed by atoms with Crippen molar-refractivity contribution in [3.63, 3.8) is 0 Å². The third-order valence-electron chi connectivity index (χ3n) is 16.9. The molecule has 36 heteroatoms. The predicted octanol–water partition coefficient (Wildman–Crippen LogP) is 13.7. The molecule has 606 valence electrons. The zero-order chi connectivity index (χ0) is 83.2. The number of hydrogen-bond donors (Lipinski definition) is 8. The van der Waals surface area contributed by atoms with Crippen LogP contribution in [0.15, 0.2) is 126 Å². The van der Waals surface area contributed by atoms with Crippen LogP contribution < -0.4 is 56.1 Å². The van der Waals surface area contributed by atoms with E-state index in [9.17, 15) is 24.0 Å². The molecule has 1 saturated heterocycles. The minimum absolute atomic E-state index is 0. The van der Waals surface area contributed by atoms with Crippen molar-refractivity contribution < 1.29 is 43.4 Å². The molecule has 29 nitrogen and oxygen atoms in total. The average Bonchev–Trinajstić information content (AvgIpc) is 1.59. The van der Waals surface area contributed by atoms with Crippen LogP contribution in [0, 0.1) is 0 Å². The number of nitrogens with one attached hydrogen (secondary N) is 4. The second kappa shape index (κ2) is 42.9. The first-order valence-corrected chi connectivity index (χ1v) is 37.2. The molecular formula is C76H101BCl6N18O11. The lowest BCUT2D eigenvalue weighted by molar-refractivity contribution is 0.00578. The van der Waals surface area contributed by atoms with Gasteiger partial charge in [-0.2, -0.15) is 0 Å². The highest BCUT2D eigenvalue weighted by molar-refractivity contribution is 6.62. The molecule has 12 rings (SSSR count). The van der Waals surface area contributed by atoms with Gasteiger partial charge in [-0.25, -0.2) is 58.8 Å². The van der Waals surface area contributed by atoms with Gasteiger partial charge in [0.1, 0.15) is 36.9 Å². The van der Waals surface area contributed by atoms with Gasteiger partial charge in [-0.15, -0.1) is 0 Å². The van der Waals surface area contributed by atoms with Gasteiger partial charge in [-0.3, -0.25) is 42.2 Å². The van der Waals surface area contributed by atoms with E-state index in [1.807, 2.05) is 76.7 Å². The Balaban J connectivity index is 0.000000278. The van der Waals surface area contributed by atoms with E-state index in [4.69, 9.17) is 90.5 Å². The van der Waals surface area contributed by atoms with Crippen molar-refractivity contribution in [1.82, 2.24) is 59.5 Å². The molecule has 9 aromatic heterocycles. The lowest BCUT2D eigenvalue weighted by Crippen LogP contribution is -2.41. The van der Waals surface area contributed by atoms with Crippen LogP contribution in [-0.4, -0.2) is 123 Å². The van der Waals surface area contributed by atoms with Gasteiger partial charge >= 0.3 is 25.0 Å². The number of carbonyl (C=O) groups is 3. The second-order valence-electron chi connectivity index (χ2n) is 28.8. The van der Waals surface area contributed by atoms with Crippen molar-refractivity contribution in [2.45, 2.75) is 177 Å². The Kier molecular flexibility index (Phi) is 36.6. The molecule has 0 saturated carbocycles. The second-order valence-corrected chi connectivity index (χ2v) is 31.2. The normalized spacial score (nSPS) is 13.0. The average molecular weight is 1670 g/mol. The summed E-state index contributed by atoms with van der Waals surface area (Å²) in [5.74, 6) is 11.7. The molecule has 0 spiro atoms. The van der Waals surface area contributed by atoms with Gasteiger partial charge < -0.3 is 45.6 Å². The number of aromatic nitrogens is 11. The SMILES string of the molecule is CC(C)(C)c1cc(B2OC(C)(C)C(C)(C)O2)ccn1.CC(C)n1[nH]c2cc(Cl)ncc2c1=O.CC(C)n1c(=O)c2cnc(Cl)cc2n1-c1ccnc(C(C)(C)C)c1.COC(=O)c1cnc(Cl)cc1Cl.COC(=O)c1cnc(Cl)cc1NN.COC(=O)c1cnc(Cl)cc1NNC(C)C.NN.Nc1ccc2c(c1)CCCC2.O. The summed E-state index contributed by atoms with van der Waals surface area (Å²) in [7, 11) is 3.55. The van der Waals surface area contributed by atoms with E-state index >= 15 is 0 Å². The molecule has 1 fully saturated rings. The number of benzene rings is 1. The van der Waals surface area contributed by atoms with E-state index in [0.29, 0.717) is 43.2 Å². The number of anilines is 3. The van der Waals surface area contributed by atoms with Crippen molar-refractivity contribution in [3.05, 3.63) is 207 Å². The van der Waals surface area contributed by atoms with Crippen LogP contribution in [0.3, 0.4) is 0 Å². The smallest absolute Gasteiger partial charge is 0.465 e. The molecule has 0 atom stereocenters. The topological polar surface area (TPSA) is 424 Å². The van der Waals surface area contributed by atoms with Gasteiger partial charge in [0.15, 0.2) is 0 Å². The summed E-state index contributed by atoms with van der Waals surface area (Å²) in [6.45, 7) is 32.9. The van der Waals surface area contributed by atoms with Gasteiger partial charge in [0.05, 0.1) is 82.0 Å². The van der Waals surface area contributed by atoms with E-state index in [1.54, 1.807) is 40.0 Å². The van der Waals surface area contributed by atoms with E-state index in [1.165, 1.54) is 95.1 Å². The third kappa shape index (κ3) is 26.4. The maximum absolute atomic E-state index is 12.8. The minimum Gasteiger partial charge on any atom is -0.465 e. The summed E-state index contributed by atoms with van der Waals surface area (Å²) >= 11 is 34.3. The molecule has 1 aromatic carbocycles. The number of hydrogen-bond acceptors (Lipinski definition) is 24. The lowest BCUT2D eigenvalue weighted by Gasteiger charge is -2.32. The number of pyridine rings is 7. The van der Waals surface area contributed by atoms with Gasteiger partial charge in [-0.05, 0) is 154 Å². The Bertz CT molecular complexity index is 4910. The highest BCUT2D eigenvalue weighted by atomic mass is 35.5. The molecule has 2 aliphatic rings. The van der Waals surface area contributed by atoms with E-state index < -0.39 is 17.9 Å². The quantitative estimate of drug-likeness (QED) is 0.0113. The molecule has 10 heterocycles. The van der Waals surface area contributed by atoms with Crippen molar-refractivity contribution in [1.29, 1.82) is 0 Å². The van der Waals surface area contributed by atoms with E-state index in [-0.39, 0.29) is 90.3 Å². The fourth-order valence-corrected chi connectivity index (χ4v) is 11.5. The molecule has 0 bridgehead atoms. The van der Waals surface area contributed by atoms with Crippen LogP contribution in [0.4, 0.5) is 17.1 Å². The van der Waals surface area contributed by atoms with Gasteiger partial charge in [0.25, 0.3) is 11.1 Å². The molecule has 1 aliphatic heterocycles. The highest BCUT2D eigenvalue weighted by Gasteiger charge is 2.52. The number of aryl methyl sites for hydroxylation is 2. The molecule has 10 aromatic rings. The van der Waals surface area contributed by atoms with Crippen LogP contribution in [0.5, 0.6) is 0 Å². The number of rotatable bonds is 11. The Morgan fingerprint density at radius 1 is 0.571 bits per heavy atom. The molecule has 0 amide bonds. The first-order valence-electron chi connectivity index (χ1n) is 35.0. The summed E-state index contributed by atoms with van der Waals surface area (Å²) in [6.07, 6.45) is 15.7. The number of ether oxygens (including phenoxy) is 3. The number of H-pyrrole nitrogens is 1. The molecular weight excluding hydrogens is 1560 g/mol. The summed E-state index contributed by atoms with van der Waals surface area (Å²) in [5.41, 5.74) is 24.1. The van der Waals surface area contributed by atoms with E-state index in [0.717, 1.165) is 39.3 Å².